The van der Waals surface area contributed by atoms with Crippen molar-refractivity contribution in [2.45, 2.75) is 18.2 Å². The van der Waals surface area contributed by atoms with Gasteiger partial charge in [-0.1, -0.05) is 19.1 Å². The summed E-state index contributed by atoms with van der Waals surface area (Å²) in [6.07, 6.45) is 0.650. The maximum Gasteiger partial charge on any atom is 0.161 e. The second-order valence-corrected chi connectivity index (χ2v) is 7.81. The standard InChI is InChI=1S/C23H26N2O3S/c1-3-29-19-8-5-16(6-9-19)18-13-20(25-23(15-18)24-11-4-12-26)17-7-10-21(27)22(14-17)28-2/h5-10,13-15,26-27H,3-4,11-12H2,1-2H3,(H,24,25). The zero-order chi connectivity index (χ0) is 20.6. The molecule has 0 radical (unpaired) electrons. The summed E-state index contributed by atoms with van der Waals surface area (Å²) in [5.41, 5.74) is 3.77. The van der Waals surface area contributed by atoms with Gasteiger partial charge in [0.2, 0.25) is 0 Å². The quantitative estimate of drug-likeness (QED) is 0.339. The second kappa shape index (κ2) is 10.2. The van der Waals surface area contributed by atoms with Crippen LogP contribution in [-0.2, 0) is 0 Å². The van der Waals surface area contributed by atoms with Crippen molar-refractivity contribution in [1.82, 2.24) is 4.98 Å². The van der Waals surface area contributed by atoms with E-state index in [1.54, 1.807) is 12.1 Å². The molecule has 152 valence electrons. The molecule has 1 aromatic heterocycles. The van der Waals surface area contributed by atoms with Gasteiger partial charge in [0.05, 0.1) is 12.8 Å². The van der Waals surface area contributed by atoms with Crippen LogP contribution >= 0.6 is 11.8 Å². The number of phenolic OH excluding ortho intramolecular Hbond substituents is 1. The molecular formula is C23H26N2O3S. The van der Waals surface area contributed by atoms with Gasteiger partial charge in [-0.25, -0.2) is 4.98 Å². The summed E-state index contributed by atoms with van der Waals surface area (Å²) in [5.74, 6) is 2.29. The molecule has 0 bridgehead atoms. The normalized spacial score (nSPS) is 10.7. The number of nitrogens with one attached hydrogen (secondary N) is 1. The minimum atomic E-state index is 0.0951. The number of aromatic hydroxyl groups is 1. The molecule has 0 saturated carbocycles. The van der Waals surface area contributed by atoms with E-state index in [2.05, 4.69) is 36.5 Å². The summed E-state index contributed by atoms with van der Waals surface area (Å²) in [7, 11) is 1.53. The van der Waals surface area contributed by atoms with Crippen LogP contribution in [0, 0.1) is 0 Å². The number of hydrogen-bond acceptors (Lipinski definition) is 6. The van der Waals surface area contributed by atoms with E-state index in [0.29, 0.717) is 18.7 Å². The Morgan fingerprint density at radius 1 is 1.00 bits per heavy atom. The Hall–Kier alpha value is -2.70. The van der Waals surface area contributed by atoms with Crippen LogP contribution in [0.5, 0.6) is 11.5 Å². The van der Waals surface area contributed by atoms with Crippen molar-refractivity contribution in [1.29, 1.82) is 0 Å². The number of rotatable bonds is 9. The van der Waals surface area contributed by atoms with Crippen LogP contribution in [-0.4, -0.2) is 41.2 Å². The lowest BCUT2D eigenvalue weighted by Gasteiger charge is -2.12. The number of phenols is 1. The molecule has 3 rings (SSSR count). The SMILES string of the molecule is CCSc1ccc(-c2cc(NCCCO)nc(-c3ccc(O)c(OC)c3)c2)cc1. The number of benzene rings is 2. The van der Waals surface area contributed by atoms with Crippen molar-refractivity contribution in [2.24, 2.45) is 0 Å². The van der Waals surface area contributed by atoms with Gasteiger partial charge in [-0.15, -0.1) is 11.8 Å². The molecule has 0 atom stereocenters. The summed E-state index contributed by atoms with van der Waals surface area (Å²) in [5, 5.41) is 22.2. The van der Waals surface area contributed by atoms with Gasteiger partial charge >= 0.3 is 0 Å². The largest absolute Gasteiger partial charge is 0.504 e. The van der Waals surface area contributed by atoms with Crippen molar-refractivity contribution in [2.75, 3.05) is 31.3 Å². The van der Waals surface area contributed by atoms with E-state index in [-0.39, 0.29) is 12.4 Å². The first-order valence-corrected chi connectivity index (χ1v) is 10.6. The van der Waals surface area contributed by atoms with Gasteiger partial charge in [0.1, 0.15) is 5.82 Å². The molecule has 0 unspecified atom stereocenters. The minimum Gasteiger partial charge on any atom is -0.504 e. The predicted molar refractivity (Wildman–Crippen MR) is 120 cm³/mol. The summed E-state index contributed by atoms with van der Waals surface area (Å²) < 4.78 is 5.24. The van der Waals surface area contributed by atoms with Crippen LogP contribution in [0.4, 0.5) is 5.82 Å². The Bertz CT molecular complexity index is 945. The maximum absolute atomic E-state index is 9.90. The van der Waals surface area contributed by atoms with E-state index in [4.69, 9.17) is 14.8 Å². The van der Waals surface area contributed by atoms with E-state index < -0.39 is 0 Å². The fourth-order valence-corrected chi connectivity index (χ4v) is 3.64. The van der Waals surface area contributed by atoms with Gasteiger partial charge in [-0.05, 0) is 65.8 Å². The fourth-order valence-electron chi connectivity index (χ4n) is 2.98. The topological polar surface area (TPSA) is 74.6 Å². The number of nitrogens with zero attached hydrogens (tertiary/aromatic N) is 1. The van der Waals surface area contributed by atoms with Crippen LogP contribution in [0.3, 0.4) is 0 Å². The summed E-state index contributed by atoms with van der Waals surface area (Å²) in [6.45, 7) is 2.91. The number of thioether (sulfide) groups is 1. The molecule has 0 fully saturated rings. The van der Waals surface area contributed by atoms with E-state index >= 15 is 0 Å². The fraction of sp³-hybridized carbons (Fsp3) is 0.261. The molecule has 0 aliphatic rings. The van der Waals surface area contributed by atoms with E-state index in [0.717, 1.165) is 34.0 Å². The van der Waals surface area contributed by atoms with E-state index in [1.807, 2.05) is 30.0 Å². The predicted octanol–water partition coefficient (Wildman–Crippen LogP) is 5.04. The molecule has 0 aliphatic heterocycles. The van der Waals surface area contributed by atoms with Crippen LogP contribution in [0.15, 0.2) is 59.5 Å². The molecule has 5 nitrogen and oxygen atoms in total. The molecule has 3 aromatic rings. The lowest BCUT2D eigenvalue weighted by molar-refractivity contribution is 0.292. The summed E-state index contributed by atoms with van der Waals surface area (Å²) >= 11 is 1.82. The smallest absolute Gasteiger partial charge is 0.161 e. The maximum atomic E-state index is 9.90. The van der Waals surface area contributed by atoms with Crippen molar-refractivity contribution < 1.29 is 14.9 Å². The average Bonchev–Trinajstić information content (AvgIpc) is 2.75. The monoisotopic (exact) mass is 410 g/mol. The number of methoxy groups -OCH3 is 1. The van der Waals surface area contributed by atoms with Gasteiger partial charge in [0.15, 0.2) is 11.5 Å². The highest BCUT2D eigenvalue weighted by atomic mass is 32.2. The highest BCUT2D eigenvalue weighted by Crippen LogP contribution is 2.34. The number of aromatic nitrogens is 1. The minimum absolute atomic E-state index is 0.0951. The highest BCUT2D eigenvalue weighted by Gasteiger charge is 2.10. The lowest BCUT2D eigenvalue weighted by Crippen LogP contribution is -2.05. The molecular weight excluding hydrogens is 384 g/mol. The van der Waals surface area contributed by atoms with Gasteiger partial charge in [0, 0.05) is 23.6 Å². The second-order valence-electron chi connectivity index (χ2n) is 6.47. The molecule has 0 saturated heterocycles. The molecule has 6 heteroatoms. The third kappa shape index (κ3) is 5.43. The van der Waals surface area contributed by atoms with Crippen LogP contribution in [0.25, 0.3) is 22.4 Å². The Morgan fingerprint density at radius 3 is 2.45 bits per heavy atom. The summed E-state index contributed by atoms with van der Waals surface area (Å²) in [4.78, 5) is 5.96. The third-order valence-corrected chi connectivity index (χ3v) is 5.33. The first-order chi connectivity index (χ1) is 14.1. The number of anilines is 1. The van der Waals surface area contributed by atoms with E-state index in [9.17, 15) is 5.11 Å². The Kier molecular flexibility index (Phi) is 7.38. The van der Waals surface area contributed by atoms with E-state index in [1.165, 1.54) is 12.0 Å². The van der Waals surface area contributed by atoms with Crippen molar-refractivity contribution in [3.8, 4) is 33.9 Å². The van der Waals surface area contributed by atoms with Crippen molar-refractivity contribution in [3.63, 3.8) is 0 Å². The lowest BCUT2D eigenvalue weighted by atomic mass is 10.0. The summed E-state index contributed by atoms with van der Waals surface area (Å²) in [6, 6.07) is 17.8. The highest BCUT2D eigenvalue weighted by molar-refractivity contribution is 7.99. The van der Waals surface area contributed by atoms with Gasteiger partial charge in [0.25, 0.3) is 0 Å². The zero-order valence-corrected chi connectivity index (χ0v) is 17.5. The molecule has 0 spiro atoms. The van der Waals surface area contributed by atoms with Crippen LogP contribution in [0.2, 0.25) is 0 Å². The van der Waals surface area contributed by atoms with Crippen LogP contribution < -0.4 is 10.1 Å². The number of hydrogen-bond donors (Lipinski definition) is 3. The van der Waals surface area contributed by atoms with Gasteiger partial charge < -0.3 is 20.3 Å². The molecule has 0 aliphatic carbocycles. The Balaban J connectivity index is 2.01. The van der Waals surface area contributed by atoms with Gasteiger partial charge in [-0.3, -0.25) is 0 Å². The molecule has 0 amide bonds. The number of ether oxygens (including phenoxy) is 1. The zero-order valence-electron chi connectivity index (χ0n) is 16.7. The van der Waals surface area contributed by atoms with Crippen molar-refractivity contribution in [3.05, 3.63) is 54.6 Å². The Morgan fingerprint density at radius 2 is 1.76 bits per heavy atom. The van der Waals surface area contributed by atoms with Crippen molar-refractivity contribution >= 4 is 17.6 Å². The molecule has 29 heavy (non-hydrogen) atoms. The molecule has 3 N–H and O–H groups in total. The number of aliphatic hydroxyl groups excluding tert-OH is 1. The third-order valence-electron chi connectivity index (χ3n) is 4.44. The van der Waals surface area contributed by atoms with Crippen LogP contribution in [0.1, 0.15) is 13.3 Å². The number of aliphatic hydroxyl groups is 1. The first-order valence-electron chi connectivity index (χ1n) is 9.62. The molecule has 1 heterocycles. The Labute approximate surface area is 175 Å². The van der Waals surface area contributed by atoms with Gasteiger partial charge in [-0.2, -0.15) is 0 Å². The average molecular weight is 411 g/mol. The number of pyridine rings is 1. The molecule has 2 aromatic carbocycles. The first kappa shape index (κ1) is 21.0.